The summed E-state index contributed by atoms with van der Waals surface area (Å²) in [7, 11) is 0. The predicted molar refractivity (Wildman–Crippen MR) is 194 cm³/mol. The third kappa shape index (κ3) is 8.02. The molecule has 2 aromatic carbocycles. The fraction of sp³-hybridized carbons (Fsp3) is 0.263. The lowest BCUT2D eigenvalue weighted by Crippen LogP contribution is -2.17. The number of nitrogen functional groups attached to an aromatic ring is 2. The Morgan fingerprint density at radius 2 is 0.840 bits per heavy atom. The summed E-state index contributed by atoms with van der Waals surface area (Å²) < 4.78 is 0. The smallest absolute Gasteiger partial charge is 0.116 e. The number of nitrogens with zero attached hydrogens (tertiary/aromatic N) is 6. The topological polar surface area (TPSA) is 277 Å². The number of aromatic nitrogens is 2. The summed E-state index contributed by atoms with van der Waals surface area (Å²) in [5.41, 5.74) is 44.3. The number of rotatable bonds is 2. The molecule has 0 aliphatic heterocycles. The van der Waals surface area contributed by atoms with Crippen LogP contribution in [0.5, 0.6) is 0 Å². The molecule has 0 fully saturated rings. The van der Waals surface area contributed by atoms with Gasteiger partial charge in [-0.25, -0.2) is 9.97 Å². The van der Waals surface area contributed by atoms with Crippen molar-refractivity contribution in [3.8, 4) is 24.3 Å². The van der Waals surface area contributed by atoms with Crippen molar-refractivity contribution in [1.82, 2.24) is 9.97 Å². The Labute approximate surface area is 293 Å². The van der Waals surface area contributed by atoms with Crippen LogP contribution >= 0.6 is 0 Å². The van der Waals surface area contributed by atoms with Crippen molar-refractivity contribution in [1.29, 1.82) is 21.0 Å². The molecule has 0 saturated heterocycles. The molecule has 2 atom stereocenters. The standard InChI is InChI=1S/C22H32N6.2C8H5N3/c1-21(2,3)13-7-11(17(23)19(13)25)15-9-16(28-10-27-15)12-8-14(22(4,5)6)20(26)18(12)24;2*9-4-6-2-1-3-7(5-10)8(6)11/h7-12H,23-26H2,1-6H3;2*1-3H,11H2. The molecule has 2 unspecified atom stereocenters. The van der Waals surface area contributed by atoms with E-state index in [9.17, 15) is 0 Å². The van der Waals surface area contributed by atoms with Crippen molar-refractivity contribution in [2.24, 2.45) is 33.8 Å². The Kier molecular flexibility index (Phi) is 11.3. The first-order chi connectivity index (χ1) is 23.4. The van der Waals surface area contributed by atoms with Crippen LogP contribution < -0.4 is 34.4 Å². The third-order valence-electron chi connectivity index (χ3n) is 8.20. The van der Waals surface area contributed by atoms with Gasteiger partial charge >= 0.3 is 0 Å². The van der Waals surface area contributed by atoms with Gasteiger partial charge in [0.15, 0.2) is 0 Å². The predicted octanol–water partition coefficient (Wildman–Crippen LogP) is 4.90. The molecule has 0 spiro atoms. The molecule has 50 heavy (non-hydrogen) atoms. The van der Waals surface area contributed by atoms with Crippen LogP contribution in [-0.4, -0.2) is 9.97 Å². The normalized spacial score (nSPS) is 16.7. The minimum Gasteiger partial charge on any atom is -0.400 e. The van der Waals surface area contributed by atoms with Crippen LogP contribution in [0.3, 0.4) is 0 Å². The zero-order chi connectivity index (χ0) is 37.6. The van der Waals surface area contributed by atoms with E-state index in [-0.39, 0.29) is 34.0 Å². The van der Waals surface area contributed by atoms with Crippen molar-refractivity contribution in [2.75, 3.05) is 11.5 Å². The van der Waals surface area contributed by atoms with E-state index < -0.39 is 0 Å². The van der Waals surface area contributed by atoms with Gasteiger partial charge in [0.25, 0.3) is 0 Å². The molecule has 0 amide bonds. The van der Waals surface area contributed by atoms with Crippen molar-refractivity contribution in [2.45, 2.75) is 53.4 Å². The van der Waals surface area contributed by atoms with Gasteiger partial charge in [0.2, 0.25) is 0 Å². The van der Waals surface area contributed by atoms with E-state index in [0.29, 0.717) is 45.0 Å². The molecule has 12 heteroatoms. The first-order valence-electron chi connectivity index (χ1n) is 15.6. The van der Waals surface area contributed by atoms with Gasteiger partial charge in [0, 0.05) is 11.4 Å². The number of nitriles is 4. The molecule has 1 heterocycles. The molecule has 254 valence electrons. The monoisotopic (exact) mass is 666 g/mol. The van der Waals surface area contributed by atoms with Gasteiger partial charge in [-0.2, -0.15) is 21.0 Å². The second kappa shape index (κ2) is 15.0. The lowest BCUT2D eigenvalue weighted by Gasteiger charge is -2.21. The molecule has 1 aromatic heterocycles. The van der Waals surface area contributed by atoms with Crippen LogP contribution in [0.4, 0.5) is 11.4 Å². The Balaban J connectivity index is 0.000000251. The van der Waals surface area contributed by atoms with E-state index in [1.807, 2.05) is 30.3 Å². The number of allylic oxidation sites excluding steroid dienone is 4. The van der Waals surface area contributed by atoms with Crippen molar-refractivity contribution < 1.29 is 0 Å². The SMILES string of the molecule is CC(C)(C)C1=CC(c2cc(C3C=C(C(C)(C)C)C(N)=C3N)ncn2)C(N)=C1N.N#Cc1cccc(C#N)c1N.N#Cc1cccc(C#N)c1N. The second-order valence-electron chi connectivity index (χ2n) is 13.7. The molecule has 0 saturated carbocycles. The van der Waals surface area contributed by atoms with Gasteiger partial charge in [-0.15, -0.1) is 0 Å². The van der Waals surface area contributed by atoms with E-state index in [0.717, 1.165) is 22.5 Å². The summed E-state index contributed by atoms with van der Waals surface area (Å²) >= 11 is 0. The minimum absolute atomic E-state index is 0.0866. The van der Waals surface area contributed by atoms with Gasteiger partial charge in [0.05, 0.1) is 68.2 Å². The van der Waals surface area contributed by atoms with E-state index in [1.54, 1.807) is 42.7 Å². The molecule has 0 bridgehead atoms. The molecule has 3 aromatic rings. The van der Waals surface area contributed by atoms with E-state index >= 15 is 0 Å². The summed E-state index contributed by atoms with van der Waals surface area (Å²) in [5, 5.41) is 34.0. The number of hydrogen-bond acceptors (Lipinski definition) is 12. The van der Waals surface area contributed by atoms with E-state index in [1.165, 1.54) is 0 Å². The van der Waals surface area contributed by atoms with Crippen LogP contribution in [0.2, 0.25) is 0 Å². The highest BCUT2D eigenvalue weighted by molar-refractivity contribution is 5.64. The molecular weight excluding hydrogens is 625 g/mol. The maximum absolute atomic E-state index is 8.50. The molecule has 2 aliphatic carbocycles. The first kappa shape index (κ1) is 37.7. The van der Waals surface area contributed by atoms with Gasteiger partial charge in [-0.3, -0.25) is 0 Å². The van der Waals surface area contributed by atoms with Crippen molar-refractivity contribution >= 4 is 11.4 Å². The zero-order valence-corrected chi connectivity index (χ0v) is 29.1. The molecule has 5 rings (SSSR count). The average molecular weight is 667 g/mol. The summed E-state index contributed by atoms with van der Waals surface area (Å²) in [6.07, 6.45) is 5.77. The lowest BCUT2D eigenvalue weighted by molar-refractivity contribution is 0.509. The number of benzene rings is 2. The highest BCUT2D eigenvalue weighted by Crippen LogP contribution is 2.43. The van der Waals surface area contributed by atoms with Crippen molar-refractivity contribution in [3.63, 3.8) is 0 Å². The van der Waals surface area contributed by atoms with Crippen LogP contribution in [0.25, 0.3) is 0 Å². The maximum Gasteiger partial charge on any atom is 0.116 e. The Morgan fingerprint density at radius 1 is 0.540 bits per heavy atom. The fourth-order valence-electron chi connectivity index (χ4n) is 5.38. The highest BCUT2D eigenvalue weighted by atomic mass is 14.9. The molecule has 12 N–H and O–H groups in total. The quantitative estimate of drug-likeness (QED) is 0.199. The fourth-order valence-corrected chi connectivity index (χ4v) is 5.38. The summed E-state index contributed by atoms with van der Waals surface area (Å²) in [5.74, 6) is -0.322. The summed E-state index contributed by atoms with van der Waals surface area (Å²) in [4.78, 5) is 8.94. The van der Waals surface area contributed by atoms with Crippen LogP contribution in [-0.2, 0) is 0 Å². The van der Waals surface area contributed by atoms with E-state index in [2.05, 4.69) is 63.7 Å². The van der Waals surface area contributed by atoms with Crippen molar-refractivity contribution in [3.05, 3.63) is 129 Å². The number of para-hydroxylation sites is 2. The number of hydrogen-bond donors (Lipinski definition) is 6. The Morgan fingerprint density at radius 3 is 1.08 bits per heavy atom. The van der Waals surface area contributed by atoms with Gasteiger partial charge in [-0.1, -0.05) is 65.8 Å². The summed E-state index contributed by atoms with van der Waals surface area (Å²) in [6.45, 7) is 12.7. The average Bonchev–Trinajstić information content (AvgIpc) is 3.56. The van der Waals surface area contributed by atoms with Crippen LogP contribution in [0.15, 0.2) is 94.9 Å². The lowest BCUT2D eigenvalue weighted by atomic mass is 9.85. The third-order valence-corrected chi connectivity index (χ3v) is 8.20. The molecule has 2 aliphatic rings. The van der Waals surface area contributed by atoms with Gasteiger partial charge < -0.3 is 34.4 Å². The largest absolute Gasteiger partial charge is 0.400 e. The molecule has 0 radical (unpaired) electrons. The second-order valence-corrected chi connectivity index (χ2v) is 13.7. The van der Waals surface area contributed by atoms with Gasteiger partial charge in [-0.05, 0) is 52.3 Å². The zero-order valence-electron chi connectivity index (χ0n) is 29.1. The first-order valence-corrected chi connectivity index (χ1v) is 15.6. The van der Waals surface area contributed by atoms with E-state index in [4.69, 9.17) is 55.4 Å². The molecule has 12 nitrogen and oxygen atoms in total. The van der Waals surface area contributed by atoms with Crippen LogP contribution in [0.1, 0.15) is 87.0 Å². The number of nitrogens with two attached hydrogens (primary N) is 6. The minimum atomic E-state index is -0.161. The maximum atomic E-state index is 8.50. The Hall–Kier alpha value is -6.76. The highest BCUT2D eigenvalue weighted by Gasteiger charge is 2.34. The summed E-state index contributed by atoms with van der Waals surface area (Å²) in [6, 6.07) is 19.1. The van der Waals surface area contributed by atoms with Crippen LogP contribution in [0, 0.1) is 56.2 Å². The van der Waals surface area contributed by atoms with Gasteiger partial charge in [0.1, 0.15) is 30.6 Å². The Bertz CT molecular complexity index is 1880. The molecular formula is C38H42N12. The number of anilines is 2.